The second kappa shape index (κ2) is 6.26. The maximum Gasteiger partial charge on any atom is 0.161 e. The molecule has 2 rings (SSSR count). The summed E-state index contributed by atoms with van der Waals surface area (Å²) in [4.78, 5) is 0. The Morgan fingerprint density at radius 3 is 2.63 bits per heavy atom. The van der Waals surface area contributed by atoms with Gasteiger partial charge >= 0.3 is 0 Å². The molecule has 1 heterocycles. The summed E-state index contributed by atoms with van der Waals surface area (Å²) in [6.45, 7) is 7.57. The summed E-state index contributed by atoms with van der Waals surface area (Å²) < 4.78 is 11.1. The van der Waals surface area contributed by atoms with Crippen LogP contribution in [0.4, 0.5) is 0 Å². The Hall–Kier alpha value is -1.26. The number of hydrogen-bond donors (Lipinski definition) is 2. The minimum atomic E-state index is 0.132. The molecule has 1 aromatic rings. The van der Waals surface area contributed by atoms with E-state index in [2.05, 4.69) is 36.6 Å². The molecule has 0 unspecified atom stereocenters. The van der Waals surface area contributed by atoms with E-state index in [1.807, 2.05) is 13.1 Å². The van der Waals surface area contributed by atoms with E-state index in [4.69, 9.17) is 9.47 Å². The SMILES string of the molecule is CNC(C)(C)CNCCc1ccc2c(c1)OCCO2. The van der Waals surface area contributed by atoms with Crippen molar-refractivity contribution in [3.63, 3.8) is 0 Å². The first kappa shape index (κ1) is 14.2. The Morgan fingerprint density at radius 2 is 1.89 bits per heavy atom. The number of benzene rings is 1. The maximum absolute atomic E-state index is 5.59. The van der Waals surface area contributed by atoms with Crippen molar-refractivity contribution in [2.75, 3.05) is 33.4 Å². The van der Waals surface area contributed by atoms with Crippen LogP contribution in [-0.2, 0) is 6.42 Å². The lowest BCUT2D eigenvalue weighted by molar-refractivity contribution is 0.171. The van der Waals surface area contributed by atoms with Crippen LogP contribution >= 0.6 is 0 Å². The van der Waals surface area contributed by atoms with Gasteiger partial charge in [0.1, 0.15) is 13.2 Å². The third kappa shape index (κ3) is 4.11. The normalized spacial score (nSPS) is 14.5. The van der Waals surface area contributed by atoms with E-state index in [9.17, 15) is 0 Å². The van der Waals surface area contributed by atoms with E-state index < -0.39 is 0 Å². The summed E-state index contributed by atoms with van der Waals surface area (Å²) >= 11 is 0. The van der Waals surface area contributed by atoms with Crippen LogP contribution in [0.2, 0.25) is 0 Å². The third-order valence-electron chi connectivity index (χ3n) is 3.44. The standard InChI is InChI=1S/C15H24N2O2/c1-15(2,16-3)11-17-7-6-12-4-5-13-14(10-12)19-9-8-18-13/h4-5,10,16-17H,6-9,11H2,1-3H3. The average molecular weight is 264 g/mol. The summed E-state index contributed by atoms with van der Waals surface area (Å²) in [6, 6.07) is 6.19. The maximum atomic E-state index is 5.59. The van der Waals surface area contributed by atoms with Crippen molar-refractivity contribution < 1.29 is 9.47 Å². The lowest BCUT2D eigenvalue weighted by Gasteiger charge is -2.24. The summed E-state index contributed by atoms with van der Waals surface area (Å²) in [7, 11) is 1.99. The van der Waals surface area contributed by atoms with Crippen molar-refractivity contribution in [1.82, 2.24) is 10.6 Å². The molecule has 0 saturated heterocycles. The average Bonchev–Trinajstić information content (AvgIpc) is 2.43. The minimum absolute atomic E-state index is 0.132. The first-order valence-corrected chi connectivity index (χ1v) is 6.89. The molecule has 1 aliphatic heterocycles. The quantitative estimate of drug-likeness (QED) is 0.766. The molecule has 0 bridgehead atoms. The van der Waals surface area contributed by atoms with Crippen molar-refractivity contribution in [1.29, 1.82) is 0 Å². The Kier molecular flexibility index (Phi) is 4.66. The van der Waals surface area contributed by atoms with Crippen LogP contribution in [0.1, 0.15) is 19.4 Å². The van der Waals surface area contributed by atoms with Gasteiger partial charge in [0, 0.05) is 12.1 Å². The van der Waals surface area contributed by atoms with Crippen molar-refractivity contribution in [3.8, 4) is 11.5 Å². The Bertz CT molecular complexity index is 419. The molecule has 0 fully saturated rings. The van der Waals surface area contributed by atoms with Crippen LogP contribution in [0, 0.1) is 0 Å². The van der Waals surface area contributed by atoms with Gasteiger partial charge < -0.3 is 20.1 Å². The zero-order valence-corrected chi connectivity index (χ0v) is 12.1. The first-order chi connectivity index (χ1) is 9.11. The highest BCUT2D eigenvalue weighted by Crippen LogP contribution is 2.30. The summed E-state index contributed by atoms with van der Waals surface area (Å²) in [5.41, 5.74) is 1.41. The van der Waals surface area contributed by atoms with Crippen molar-refractivity contribution in [2.24, 2.45) is 0 Å². The topological polar surface area (TPSA) is 42.5 Å². The molecule has 1 aliphatic rings. The van der Waals surface area contributed by atoms with E-state index in [0.29, 0.717) is 13.2 Å². The number of ether oxygens (including phenoxy) is 2. The van der Waals surface area contributed by atoms with Gasteiger partial charge in [-0.3, -0.25) is 0 Å². The summed E-state index contributed by atoms with van der Waals surface area (Å²) in [6.07, 6.45) is 0.996. The van der Waals surface area contributed by atoms with Crippen LogP contribution in [0.25, 0.3) is 0 Å². The predicted molar refractivity (Wildman–Crippen MR) is 77.1 cm³/mol. The fraction of sp³-hybridized carbons (Fsp3) is 0.600. The van der Waals surface area contributed by atoms with Gasteiger partial charge in [-0.2, -0.15) is 0 Å². The molecule has 0 aliphatic carbocycles. The van der Waals surface area contributed by atoms with Gasteiger partial charge in [0.2, 0.25) is 0 Å². The molecule has 0 spiro atoms. The van der Waals surface area contributed by atoms with Gasteiger partial charge in [0.25, 0.3) is 0 Å². The molecule has 0 amide bonds. The van der Waals surface area contributed by atoms with Crippen LogP contribution in [-0.4, -0.2) is 38.9 Å². The minimum Gasteiger partial charge on any atom is -0.486 e. The fourth-order valence-corrected chi connectivity index (χ4v) is 1.97. The highest BCUT2D eigenvalue weighted by Gasteiger charge is 2.14. The number of rotatable bonds is 6. The van der Waals surface area contributed by atoms with Crippen LogP contribution in [0.15, 0.2) is 18.2 Å². The lowest BCUT2D eigenvalue weighted by Crippen LogP contribution is -2.46. The lowest BCUT2D eigenvalue weighted by atomic mass is 10.1. The molecule has 0 aromatic heterocycles. The Balaban J connectivity index is 1.80. The summed E-state index contributed by atoms with van der Waals surface area (Å²) in [5.74, 6) is 1.73. The van der Waals surface area contributed by atoms with Crippen LogP contribution < -0.4 is 20.1 Å². The molecular formula is C15H24N2O2. The monoisotopic (exact) mass is 264 g/mol. The van der Waals surface area contributed by atoms with E-state index in [0.717, 1.165) is 31.0 Å². The molecular weight excluding hydrogens is 240 g/mol. The molecule has 0 saturated carbocycles. The van der Waals surface area contributed by atoms with E-state index in [1.54, 1.807) is 0 Å². The molecule has 1 aromatic carbocycles. The number of fused-ring (bicyclic) bond motifs is 1. The smallest absolute Gasteiger partial charge is 0.161 e. The zero-order chi connectivity index (χ0) is 13.7. The molecule has 4 heteroatoms. The number of hydrogen-bond acceptors (Lipinski definition) is 4. The summed E-state index contributed by atoms with van der Waals surface area (Å²) in [5, 5.41) is 6.75. The highest BCUT2D eigenvalue weighted by atomic mass is 16.6. The molecule has 0 atom stereocenters. The Morgan fingerprint density at radius 1 is 1.16 bits per heavy atom. The number of likely N-dealkylation sites (N-methyl/N-ethyl adjacent to an activating group) is 1. The van der Waals surface area contributed by atoms with Gasteiger partial charge in [-0.1, -0.05) is 6.07 Å². The van der Waals surface area contributed by atoms with Gasteiger partial charge in [0.15, 0.2) is 11.5 Å². The third-order valence-corrected chi connectivity index (χ3v) is 3.44. The van der Waals surface area contributed by atoms with E-state index in [-0.39, 0.29) is 5.54 Å². The van der Waals surface area contributed by atoms with Gasteiger partial charge in [-0.25, -0.2) is 0 Å². The molecule has 2 N–H and O–H groups in total. The zero-order valence-electron chi connectivity index (χ0n) is 12.1. The van der Waals surface area contributed by atoms with E-state index >= 15 is 0 Å². The first-order valence-electron chi connectivity index (χ1n) is 6.89. The molecule has 4 nitrogen and oxygen atoms in total. The fourth-order valence-electron chi connectivity index (χ4n) is 1.97. The number of nitrogens with one attached hydrogen (secondary N) is 2. The van der Waals surface area contributed by atoms with Gasteiger partial charge in [0.05, 0.1) is 0 Å². The van der Waals surface area contributed by atoms with Crippen molar-refractivity contribution >= 4 is 0 Å². The van der Waals surface area contributed by atoms with Crippen LogP contribution in [0.5, 0.6) is 11.5 Å². The van der Waals surface area contributed by atoms with Gasteiger partial charge in [-0.05, 0) is 51.6 Å². The second-order valence-electron chi connectivity index (χ2n) is 5.54. The van der Waals surface area contributed by atoms with Crippen LogP contribution in [0.3, 0.4) is 0 Å². The van der Waals surface area contributed by atoms with Crippen molar-refractivity contribution in [2.45, 2.75) is 25.8 Å². The molecule has 106 valence electrons. The largest absolute Gasteiger partial charge is 0.486 e. The predicted octanol–water partition coefficient (Wildman–Crippen LogP) is 1.59. The van der Waals surface area contributed by atoms with Gasteiger partial charge in [-0.15, -0.1) is 0 Å². The molecule has 0 radical (unpaired) electrons. The Labute approximate surface area is 115 Å². The van der Waals surface area contributed by atoms with Crippen molar-refractivity contribution in [3.05, 3.63) is 23.8 Å². The molecule has 19 heavy (non-hydrogen) atoms. The highest BCUT2D eigenvalue weighted by molar-refractivity contribution is 5.43. The van der Waals surface area contributed by atoms with E-state index in [1.165, 1.54) is 5.56 Å². The second-order valence-corrected chi connectivity index (χ2v) is 5.54.